The number of carbonyl (C=O) groups excluding carboxylic acids is 1. The number of carbonyl (C=O) groups is 1. The van der Waals surface area contributed by atoms with E-state index in [2.05, 4.69) is 26.3 Å². The number of amides is 1. The van der Waals surface area contributed by atoms with Gasteiger partial charge in [-0.25, -0.2) is 0 Å². The van der Waals surface area contributed by atoms with Gasteiger partial charge in [0.05, 0.1) is 12.2 Å². The first kappa shape index (κ1) is 12.5. The summed E-state index contributed by atoms with van der Waals surface area (Å²) in [6.45, 7) is 0. The molecular formula is C13H14BrN3O2. The molecule has 6 heteroatoms. The van der Waals surface area contributed by atoms with Crippen molar-refractivity contribution >= 4 is 21.8 Å². The fourth-order valence-corrected chi connectivity index (χ4v) is 2.83. The minimum atomic E-state index is -0.188. The summed E-state index contributed by atoms with van der Waals surface area (Å²) in [5.41, 5.74) is 2.32. The lowest BCUT2D eigenvalue weighted by molar-refractivity contribution is 0.0903. The van der Waals surface area contributed by atoms with Crippen LogP contribution in [0.25, 0.3) is 0 Å². The van der Waals surface area contributed by atoms with Gasteiger partial charge in [0.25, 0.3) is 5.91 Å². The van der Waals surface area contributed by atoms with Crippen LogP contribution in [0, 0.1) is 0 Å². The number of rotatable bonds is 2. The van der Waals surface area contributed by atoms with Crippen molar-refractivity contribution < 1.29 is 9.21 Å². The molecule has 2 heterocycles. The van der Waals surface area contributed by atoms with Crippen LogP contribution in [0.15, 0.2) is 27.4 Å². The summed E-state index contributed by atoms with van der Waals surface area (Å²) in [7, 11) is 1.94. The molecule has 1 aliphatic carbocycles. The van der Waals surface area contributed by atoms with Gasteiger partial charge in [-0.3, -0.25) is 9.48 Å². The van der Waals surface area contributed by atoms with E-state index < -0.39 is 0 Å². The van der Waals surface area contributed by atoms with E-state index in [1.165, 1.54) is 5.69 Å². The lowest BCUT2D eigenvalue weighted by atomic mass is 9.93. The Hall–Kier alpha value is -1.56. The topological polar surface area (TPSA) is 60.1 Å². The number of hydrogen-bond acceptors (Lipinski definition) is 3. The predicted octanol–water partition coefficient (Wildman–Crippen LogP) is 2.58. The van der Waals surface area contributed by atoms with E-state index in [4.69, 9.17) is 4.42 Å². The van der Waals surface area contributed by atoms with Gasteiger partial charge < -0.3 is 9.73 Å². The molecule has 0 aromatic carbocycles. The molecule has 1 aliphatic rings. The SMILES string of the molecule is Cn1ncc2c1CCC[C@H]2NC(=O)c1ccc(Br)o1. The minimum absolute atomic E-state index is 0.0221. The Labute approximate surface area is 119 Å². The highest BCUT2D eigenvalue weighted by Gasteiger charge is 2.25. The normalized spacial score (nSPS) is 18.1. The number of nitrogens with zero attached hydrogens (tertiary/aromatic N) is 2. The molecule has 3 rings (SSSR count). The number of furan rings is 1. The molecule has 0 saturated heterocycles. The molecule has 5 nitrogen and oxygen atoms in total. The summed E-state index contributed by atoms with van der Waals surface area (Å²) >= 11 is 3.19. The van der Waals surface area contributed by atoms with Crippen molar-refractivity contribution in [3.05, 3.63) is 40.0 Å². The molecule has 2 aromatic rings. The number of fused-ring (bicyclic) bond motifs is 1. The Morgan fingerprint density at radius 1 is 1.58 bits per heavy atom. The molecule has 0 aliphatic heterocycles. The monoisotopic (exact) mass is 323 g/mol. The van der Waals surface area contributed by atoms with Crippen molar-refractivity contribution in [2.45, 2.75) is 25.3 Å². The summed E-state index contributed by atoms with van der Waals surface area (Å²) in [5, 5.41) is 7.28. The van der Waals surface area contributed by atoms with Gasteiger partial charge >= 0.3 is 0 Å². The molecular weight excluding hydrogens is 310 g/mol. The lowest BCUT2D eigenvalue weighted by Crippen LogP contribution is -2.30. The molecule has 0 radical (unpaired) electrons. The van der Waals surface area contributed by atoms with Crippen molar-refractivity contribution in [2.75, 3.05) is 0 Å². The maximum absolute atomic E-state index is 12.1. The molecule has 19 heavy (non-hydrogen) atoms. The molecule has 2 aromatic heterocycles. The standard InChI is InChI=1S/C13H14BrN3O2/c1-17-10-4-2-3-9(8(10)7-15-17)16-13(18)11-5-6-12(14)19-11/h5-7,9H,2-4H2,1H3,(H,16,18)/t9-/m1/s1. The van der Waals surface area contributed by atoms with Crippen molar-refractivity contribution in [2.24, 2.45) is 7.05 Å². The fraction of sp³-hybridized carbons (Fsp3) is 0.385. The smallest absolute Gasteiger partial charge is 0.287 e. The van der Waals surface area contributed by atoms with E-state index in [0.717, 1.165) is 24.8 Å². The highest BCUT2D eigenvalue weighted by atomic mass is 79.9. The van der Waals surface area contributed by atoms with Gasteiger partial charge in [0.1, 0.15) is 0 Å². The van der Waals surface area contributed by atoms with Gasteiger partial charge in [-0.05, 0) is 47.3 Å². The van der Waals surface area contributed by atoms with E-state index in [0.29, 0.717) is 10.4 Å². The van der Waals surface area contributed by atoms with Crippen LogP contribution in [0.2, 0.25) is 0 Å². The minimum Gasteiger partial charge on any atom is -0.444 e. The first-order valence-corrected chi connectivity index (χ1v) is 7.01. The Morgan fingerprint density at radius 2 is 2.42 bits per heavy atom. The van der Waals surface area contributed by atoms with Crippen LogP contribution in [0.3, 0.4) is 0 Å². The molecule has 1 amide bonds. The summed E-state index contributed by atoms with van der Waals surface area (Å²) < 4.78 is 7.71. The first-order chi connectivity index (χ1) is 9.15. The lowest BCUT2D eigenvalue weighted by Gasteiger charge is -2.23. The molecule has 0 spiro atoms. The zero-order valence-electron chi connectivity index (χ0n) is 10.5. The van der Waals surface area contributed by atoms with Gasteiger partial charge in [-0.15, -0.1) is 0 Å². The third-order valence-corrected chi connectivity index (χ3v) is 3.90. The number of hydrogen-bond donors (Lipinski definition) is 1. The second kappa shape index (κ2) is 4.85. The summed E-state index contributed by atoms with van der Waals surface area (Å²) in [6.07, 6.45) is 4.85. The molecule has 1 N–H and O–H groups in total. The highest BCUT2D eigenvalue weighted by molar-refractivity contribution is 9.10. The zero-order chi connectivity index (χ0) is 13.4. The maximum atomic E-state index is 12.1. The van der Waals surface area contributed by atoms with Gasteiger partial charge in [0, 0.05) is 18.3 Å². The average Bonchev–Trinajstić information content (AvgIpc) is 2.98. The van der Waals surface area contributed by atoms with E-state index in [9.17, 15) is 4.79 Å². The quantitative estimate of drug-likeness (QED) is 0.924. The fourth-order valence-electron chi connectivity index (χ4n) is 2.52. The molecule has 100 valence electrons. The third kappa shape index (κ3) is 2.32. The summed E-state index contributed by atoms with van der Waals surface area (Å²) in [4.78, 5) is 12.1. The Kier molecular flexibility index (Phi) is 3.18. The largest absolute Gasteiger partial charge is 0.444 e. The van der Waals surface area contributed by atoms with Gasteiger partial charge in [-0.1, -0.05) is 0 Å². The Bertz CT molecular complexity index is 617. The Balaban J connectivity index is 1.79. The van der Waals surface area contributed by atoms with Gasteiger partial charge in [0.2, 0.25) is 0 Å². The van der Waals surface area contributed by atoms with Crippen LogP contribution in [0.5, 0.6) is 0 Å². The van der Waals surface area contributed by atoms with Crippen LogP contribution in [0.1, 0.15) is 40.7 Å². The van der Waals surface area contributed by atoms with Crippen molar-refractivity contribution in [3.8, 4) is 0 Å². The molecule has 0 bridgehead atoms. The van der Waals surface area contributed by atoms with Crippen molar-refractivity contribution in [1.29, 1.82) is 0 Å². The van der Waals surface area contributed by atoms with Crippen LogP contribution in [0.4, 0.5) is 0 Å². The van der Waals surface area contributed by atoms with Crippen LogP contribution >= 0.6 is 15.9 Å². The molecule has 0 unspecified atom stereocenters. The number of nitrogens with one attached hydrogen (secondary N) is 1. The van der Waals surface area contributed by atoms with Gasteiger partial charge in [0.15, 0.2) is 10.4 Å². The van der Waals surface area contributed by atoms with Crippen LogP contribution in [-0.2, 0) is 13.5 Å². The molecule has 0 fully saturated rings. The zero-order valence-corrected chi connectivity index (χ0v) is 12.1. The Morgan fingerprint density at radius 3 is 3.16 bits per heavy atom. The predicted molar refractivity (Wildman–Crippen MR) is 72.8 cm³/mol. The van der Waals surface area contributed by atoms with E-state index in [-0.39, 0.29) is 11.9 Å². The van der Waals surface area contributed by atoms with E-state index in [1.54, 1.807) is 12.1 Å². The molecule has 1 atom stereocenters. The summed E-state index contributed by atoms with van der Waals surface area (Å²) in [6, 6.07) is 3.39. The highest BCUT2D eigenvalue weighted by Crippen LogP contribution is 2.29. The van der Waals surface area contributed by atoms with Crippen molar-refractivity contribution in [3.63, 3.8) is 0 Å². The first-order valence-electron chi connectivity index (χ1n) is 6.22. The second-order valence-electron chi connectivity index (χ2n) is 4.69. The van der Waals surface area contributed by atoms with E-state index >= 15 is 0 Å². The van der Waals surface area contributed by atoms with Crippen LogP contribution < -0.4 is 5.32 Å². The van der Waals surface area contributed by atoms with Crippen molar-refractivity contribution in [1.82, 2.24) is 15.1 Å². The maximum Gasteiger partial charge on any atom is 0.287 e. The number of aryl methyl sites for hydroxylation is 1. The van der Waals surface area contributed by atoms with Gasteiger partial charge in [-0.2, -0.15) is 5.10 Å². The van der Waals surface area contributed by atoms with E-state index in [1.807, 2.05) is 17.9 Å². The summed E-state index contributed by atoms with van der Waals surface area (Å²) in [5.74, 6) is 0.135. The second-order valence-corrected chi connectivity index (χ2v) is 5.47. The average molecular weight is 324 g/mol. The molecule has 0 saturated carbocycles. The number of aromatic nitrogens is 2. The number of halogens is 1. The third-order valence-electron chi connectivity index (χ3n) is 3.48. The van der Waals surface area contributed by atoms with Crippen LogP contribution in [-0.4, -0.2) is 15.7 Å².